The minimum Gasteiger partial charge on any atom is -0.471 e. The van der Waals surface area contributed by atoms with Gasteiger partial charge in [-0.05, 0) is 36.1 Å². The van der Waals surface area contributed by atoms with Gasteiger partial charge in [-0.15, -0.1) is 23.1 Å². The van der Waals surface area contributed by atoms with Crippen LogP contribution >= 0.6 is 23.1 Å². The van der Waals surface area contributed by atoms with Gasteiger partial charge in [0, 0.05) is 31.5 Å². The molecule has 0 bridgehead atoms. The number of carbonyl (C=O) groups is 1. The molecule has 0 N–H and O–H groups in total. The third kappa shape index (κ3) is 2.80. The molecule has 1 unspecified atom stereocenters. The Morgan fingerprint density at radius 3 is 3.00 bits per heavy atom. The molecule has 2 saturated heterocycles. The third-order valence-corrected chi connectivity index (χ3v) is 7.06. The summed E-state index contributed by atoms with van der Waals surface area (Å²) in [7, 11) is 0. The molecule has 2 aromatic rings. The number of aromatic nitrogens is 1. The highest BCUT2D eigenvalue weighted by Crippen LogP contribution is 2.46. The van der Waals surface area contributed by atoms with Crippen LogP contribution in [0.3, 0.4) is 0 Å². The van der Waals surface area contributed by atoms with Gasteiger partial charge in [0.25, 0.3) is 11.8 Å². The van der Waals surface area contributed by atoms with Gasteiger partial charge in [-0.25, -0.2) is 9.37 Å². The van der Waals surface area contributed by atoms with Gasteiger partial charge in [0.15, 0.2) is 5.82 Å². The predicted octanol–water partition coefficient (Wildman–Crippen LogP) is 3.37. The smallest absolute Gasteiger partial charge is 0.264 e. The monoisotopic (exact) mass is 364 g/mol. The topological polar surface area (TPSA) is 42.4 Å². The molecule has 4 nitrogen and oxygen atoms in total. The van der Waals surface area contributed by atoms with E-state index in [4.69, 9.17) is 4.74 Å². The van der Waals surface area contributed by atoms with Crippen LogP contribution in [0.25, 0.3) is 0 Å². The van der Waals surface area contributed by atoms with Crippen LogP contribution in [-0.2, 0) is 0 Å². The minimum absolute atomic E-state index is 0.0523. The molecular formula is C17H17FN2O2S2. The number of thioether (sulfide) groups is 1. The molecule has 2 fully saturated rings. The average Bonchev–Trinajstić information content (AvgIpc) is 3.14. The van der Waals surface area contributed by atoms with Crippen molar-refractivity contribution in [1.29, 1.82) is 0 Å². The number of hydrogen-bond donors (Lipinski definition) is 0. The van der Waals surface area contributed by atoms with Crippen molar-refractivity contribution in [3.8, 4) is 5.88 Å². The van der Waals surface area contributed by atoms with Gasteiger partial charge in [-0.3, -0.25) is 4.79 Å². The highest BCUT2D eigenvalue weighted by atomic mass is 32.2. The normalized spacial score (nSPS) is 21.8. The molecule has 0 aliphatic carbocycles. The fraction of sp³-hybridized carbons (Fsp3) is 0.412. The molecule has 0 aromatic carbocycles. The Balaban J connectivity index is 1.36. The number of rotatable bonds is 3. The van der Waals surface area contributed by atoms with E-state index in [0.29, 0.717) is 0 Å². The molecule has 2 aromatic heterocycles. The van der Waals surface area contributed by atoms with Crippen LogP contribution in [0.4, 0.5) is 4.39 Å². The Morgan fingerprint density at radius 1 is 1.46 bits per heavy atom. The van der Waals surface area contributed by atoms with E-state index in [9.17, 15) is 9.18 Å². The zero-order chi connectivity index (χ0) is 16.7. The number of amides is 1. The number of carbonyl (C=O) groups excluding carboxylic acids is 1. The first-order chi connectivity index (χ1) is 11.6. The first kappa shape index (κ1) is 15.9. The van der Waals surface area contributed by atoms with Crippen molar-refractivity contribution < 1.29 is 13.9 Å². The van der Waals surface area contributed by atoms with Gasteiger partial charge >= 0.3 is 0 Å². The Morgan fingerprint density at radius 2 is 2.29 bits per heavy atom. The highest BCUT2D eigenvalue weighted by molar-refractivity contribution is 8.01. The summed E-state index contributed by atoms with van der Waals surface area (Å²) in [5, 5.41) is 1.95. The van der Waals surface area contributed by atoms with Gasteiger partial charge < -0.3 is 9.64 Å². The zero-order valence-electron chi connectivity index (χ0n) is 13.2. The van der Waals surface area contributed by atoms with E-state index in [2.05, 4.69) is 4.98 Å². The van der Waals surface area contributed by atoms with Crippen LogP contribution in [-0.4, -0.2) is 45.5 Å². The summed E-state index contributed by atoms with van der Waals surface area (Å²) in [6.45, 7) is 3.44. The summed E-state index contributed by atoms with van der Waals surface area (Å²) in [4.78, 5) is 19.2. The second kappa shape index (κ2) is 6.04. The van der Waals surface area contributed by atoms with Crippen LogP contribution in [0.1, 0.15) is 21.7 Å². The molecule has 0 saturated carbocycles. The summed E-state index contributed by atoms with van der Waals surface area (Å²) in [5.74, 6) is 0.563. The summed E-state index contributed by atoms with van der Waals surface area (Å²) in [5.41, 5.74) is 1.04. The van der Waals surface area contributed by atoms with Gasteiger partial charge in [0.1, 0.15) is 6.10 Å². The fourth-order valence-electron chi connectivity index (χ4n) is 3.24. The van der Waals surface area contributed by atoms with Gasteiger partial charge in [0.05, 0.1) is 9.62 Å². The van der Waals surface area contributed by atoms with E-state index in [1.165, 1.54) is 23.6 Å². The fourth-order valence-corrected chi connectivity index (χ4v) is 5.66. The number of hydrogen-bond acceptors (Lipinski definition) is 5. The Labute approximate surface area is 148 Å². The number of aryl methyl sites for hydroxylation is 1. The Bertz CT molecular complexity index is 773. The van der Waals surface area contributed by atoms with Crippen LogP contribution < -0.4 is 4.74 Å². The average molecular weight is 364 g/mol. The summed E-state index contributed by atoms with van der Waals surface area (Å²) in [6, 6.07) is 4.88. The second-order valence-electron chi connectivity index (χ2n) is 6.32. The van der Waals surface area contributed by atoms with Crippen molar-refractivity contribution in [3.63, 3.8) is 0 Å². The second-order valence-corrected chi connectivity index (χ2v) is 8.73. The maximum atomic E-state index is 13.6. The van der Waals surface area contributed by atoms with Gasteiger partial charge in [0.2, 0.25) is 0 Å². The molecule has 1 spiro atoms. The quantitative estimate of drug-likeness (QED) is 0.837. The molecule has 2 aliphatic heterocycles. The van der Waals surface area contributed by atoms with Crippen molar-refractivity contribution in [2.45, 2.75) is 24.2 Å². The third-order valence-electron chi connectivity index (χ3n) is 4.48. The number of halogens is 1. The van der Waals surface area contributed by atoms with Gasteiger partial charge in [-0.1, -0.05) is 0 Å². The standard InChI is InChI=1S/C17H17FN2O2S2/c1-11-4-6-23-14(11)16(21)20-9-17(10-20)7-12(8-24-17)22-15-13(18)3-2-5-19-15/h2-6,12H,7-10H2,1H3. The molecule has 2 aliphatic rings. The van der Waals surface area contributed by atoms with Crippen LogP contribution in [0.5, 0.6) is 5.88 Å². The zero-order valence-corrected chi connectivity index (χ0v) is 14.8. The van der Waals surface area contributed by atoms with Crippen LogP contribution in [0.15, 0.2) is 29.8 Å². The largest absolute Gasteiger partial charge is 0.471 e. The Kier molecular flexibility index (Phi) is 4.00. The van der Waals surface area contributed by atoms with Gasteiger partial charge in [-0.2, -0.15) is 0 Å². The predicted molar refractivity (Wildman–Crippen MR) is 93.4 cm³/mol. The molecule has 7 heteroatoms. The molecule has 1 atom stereocenters. The molecule has 126 valence electrons. The lowest BCUT2D eigenvalue weighted by molar-refractivity contribution is 0.0518. The first-order valence-corrected chi connectivity index (χ1v) is 9.67. The lowest BCUT2D eigenvalue weighted by atomic mass is 9.92. The molecular weight excluding hydrogens is 347 g/mol. The van der Waals surface area contributed by atoms with Crippen molar-refractivity contribution in [2.75, 3.05) is 18.8 Å². The maximum absolute atomic E-state index is 13.6. The van der Waals surface area contributed by atoms with E-state index < -0.39 is 5.82 Å². The lowest BCUT2D eigenvalue weighted by Gasteiger charge is -2.47. The maximum Gasteiger partial charge on any atom is 0.264 e. The summed E-state index contributed by atoms with van der Waals surface area (Å²) >= 11 is 3.32. The van der Waals surface area contributed by atoms with E-state index in [0.717, 1.165) is 35.7 Å². The number of likely N-dealkylation sites (tertiary alicyclic amines) is 1. The highest BCUT2D eigenvalue weighted by Gasteiger charge is 2.51. The lowest BCUT2D eigenvalue weighted by Crippen LogP contribution is -2.60. The molecule has 1 amide bonds. The van der Waals surface area contributed by atoms with Crippen molar-refractivity contribution in [1.82, 2.24) is 9.88 Å². The number of pyridine rings is 1. The van der Waals surface area contributed by atoms with Crippen molar-refractivity contribution in [3.05, 3.63) is 46.0 Å². The van der Waals surface area contributed by atoms with Crippen molar-refractivity contribution in [2.24, 2.45) is 0 Å². The summed E-state index contributed by atoms with van der Waals surface area (Å²) in [6.07, 6.45) is 2.30. The van der Waals surface area contributed by atoms with Crippen LogP contribution in [0.2, 0.25) is 0 Å². The van der Waals surface area contributed by atoms with Crippen LogP contribution in [0, 0.1) is 12.7 Å². The SMILES string of the molecule is Cc1ccsc1C(=O)N1CC2(CC(Oc3ncccc3F)CS2)C1. The first-order valence-electron chi connectivity index (χ1n) is 7.81. The summed E-state index contributed by atoms with van der Waals surface area (Å²) < 4.78 is 19.4. The number of nitrogens with zero attached hydrogens (tertiary/aromatic N) is 2. The molecule has 0 radical (unpaired) electrons. The molecule has 4 rings (SSSR count). The molecule has 4 heterocycles. The van der Waals surface area contributed by atoms with E-state index in [1.807, 2.05) is 35.0 Å². The Hall–Kier alpha value is -1.60. The minimum atomic E-state index is -0.429. The number of thiophene rings is 1. The molecule has 24 heavy (non-hydrogen) atoms. The number of ether oxygens (including phenoxy) is 1. The van der Waals surface area contributed by atoms with Crippen molar-refractivity contribution >= 4 is 29.0 Å². The van der Waals surface area contributed by atoms with E-state index in [1.54, 1.807) is 6.07 Å². The van der Waals surface area contributed by atoms with E-state index >= 15 is 0 Å². The van der Waals surface area contributed by atoms with E-state index in [-0.39, 0.29) is 22.6 Å².